The Morgan fingerprint density at radius 3 is 2.68 bits per heavy atom. The Morgan fingerprint density at radius 2 is 2.05 bits per heavy atom. The minimum atomic E-state index is -0.372. The molecule has 22 heavy (non-hydrogen) atoms. The number of carbonyl (C=O) groups is 2. The normalized spacial score (nSPS) is 10.4. The van der Waals surface area contributed by atoms with Gasteiger partial charge in [-0.1, -0.05) is 17.7 Å². The second-order valence-electron chi connectivity index (χ2n) is 4.73. The average Bonchev–Trinajstić information content (AvgIpc) is 2.89. The molecule has 116 valence electrons. The van der Waals surface area contributed by atoms with Crippen molar-refractivity contribution in [3.05, 3.63) is 51.3 Å². The quantitative estimate of drug-likeness (QED) is 0.872. The van der Waals surface area contributed by atoms with Crippen LogP contribution in [0.3, 0.4) is 0 Å². The number of halogens is 2. The van der Waals surface area contributed by atoms with Crippen LogP contribution in [0.15, 0.2) is 39.4 Å². The van der Waals surface area contributed by atoms with E-state index in [1.165, 1.54) is 11.9 Å². The number of anilines is 1. The third-order valence-corrected chi connectivity index (χ3v) is 3.89. The lowest BCUT2D eigenvalue weighted by atomic mass is 10.2. The molecule has 0 aliphatic rings. The Balaban J connectivity index is 1.99. The van der Waals surface area contributed by atoms with Crippen LogP contribution in [-0.2, 0) is 4.79 Å². The first kappa shape index (κ1) is 16.6. The first-order valence-corrected chi connectivity index (χ1v) is 7.61. The largest absolute Gasteiger partial charge is 0.444 e. The number of hydrogen-bond donors (Lipinski definition) is 1. The van der Waals surface area contributed by atoms with Gasteiger partial charge in [-0.25, -0.2) is 0 Å². The number of likely N-dealkylation sites (N-methyl/N-ethyl adjacent to an activating group) is 1. The molecule has 0 aliphatic heterocycles. The van der Waals surface area contributed by atoms with E-state index in [9.17, 15) is 9.59 Å². The maximum Gasteiger partial charge on any atom is 0.289 e. The maximum absolute atomic E-state index is 12.1. The van der Waals surface area contributed by atoms with Crippen molar-refractivity contribution < 1.29 is 14.0 Å². The Labute approximate surface area is 141 Å². The van der Waals surface area contributed by atoms with Crippen LogP contribution < -0.4 is 5.32 Å². The Morgan fingerprint density at radius 1 is 1.32 bits per heavy atom. The summed E-state index contributed by atoms with van der Waals surface area (Å²) in [4.78, 5) is 25.4. The molecule has 0 spiro atoms. The molecule has 1 aromatic carbocycles. The number of nitrogens with one attached hydrogen (secondary N) is 1. The van der Waals surface area contributed by atoms with Gasteiger partial charge in [0.05, 0.1) is 6.54 Å². The van der Waals surface area contributed by atoms with Crippen LogP contribution in [0, 0.1) is 6.92 Å². The van der Waals surface area contributed by atoms with Crippen molar-refractivity contribution in [2.75, 3.05) is 18.9 Å². The van der Waals surface area contributed by atoms with Gasteiger partial charge >= 0.3 is 0 Å². The molecule has 0 radical (unpaired) electrons. The molecule has 1 heterocycles. The molecule has 1 N–H and O–H groups in total. The standard InChI is InChI=1S/C15H14BrClN2O3/c1-9-10(17)4-3-5-11(9)18-14(20)8-19(2)15(21)12-6-7-13(16)22-12/h3-7H,8H2,1-2H3,(H,18,20). The number of amides is 2. The van der Waals surface area contributed by atoms with Gasteiger partial charge in [0.15, 0.2) is 10.4 Å². The van der Waals surface area contributed by atoms with Gasteiger partial charge in [0.25, 0.3) is 5.91 Å². The van der Waals surface area contributed by atoms with Crippen molar-refractivity contribution in [3.8, 4) is 0 Å². The lowest BCUT2D eigenvalue weighted by Gasteiger charge is -2.16. The molecular formula is C15H14BrClN2O3. The molecule has 0 saturated carbocycles. The summed E-state index contributed by atoms with van der Waals surface area (Å²) in [5, 5.41) is 3.31. The third-order valence-electron chi connectivity index (χ3n) is 3.05. The minimum Gasteiger partial charge on any atom is -0.444 e. The van der Waals surface area contributed by atoms with Crippen LogP contribution >= 0.6 is 27.5 Å². The van der Waals surface area contributed by atoms with Gasteiger partial charge in [-0.05, 0) is 52.7 Å². The van der Waals surface area contributed by atoms with E-state index in [1.807, 2.05) is 6.92 Å². The summed E-state index contributed by atoms with van der Waals surface area (Å²) in [7, 11) is 1.53. The van der Waals surface area contributed by atoms with Gasteiger partial charge in [-0.2, -0.15) is 0 Å². The van der Waals surface area contributed by atoms with E-state index in [4.69, 9.17) is 16.0 Å². The summed E-state index contributed by atoms with van der Waals surface area (Å²) in [5.74, 6) is -0.517. The van der Waals surface area contributed by atoms with Crippen molar-refractivity contribution in [2.45, 2.75) is 6.92 Å². The predicted molar refractivity (Wildman–Crippen MR) is 88.2 cm³/mol. The number of nitrogens with zero attached hydrogens (tertiary/aromatic N) is 1. The molecule has 0 fully saturated rings. The van der Waals surface area contributed by atoms with Crippen LogP contribution in [0.25, 0.3) is 0 Å². The molecule has 2 amide bonds. The van der Waals surface area contributed by atoms with Crippen LogP contribution in [-0.4, -0.2) is 30.3 Å². The lowest BCUT2D eigenvalue weighted by Crippen LogP contribution is -2.34. The molecular weight excluding hydrogens is 372 g/mol. The fourth-order valence-electron chi connectivity index (χ4n) is 1.84. The monoisotopic (exact) mass is 384 g/mol. The zero-order valence-electron chi connectivity index (χ0n) is 12.0. The summed E-state index contributed by atoms with van der Waals surface area (Å²) in [6, 6.07) is 8.42. The van der Waals surface area contributed by atoms with Crippen molar-refractivity contribution >= 4 is 45.0 Å². The van der Waals surface area contributed by atoms with Crippen LogP contribution in [0.4, 0.5) is 5.69 Å². The number of benzene rings is 1. The van der Waals surface area contributed by atoms with Gasteiger partial charge in [0, 0.05) is 17.8 Å². The molecule has 5 nitrogen and oxygen atoms in total. The van der Waals surface area contributed by atoms with Gasteiger partial charge in [0.2, 0.25) is 5.91 Å². The fraction of sp³-hybridized carbons (Fsp3) is 0.200. The van der Waals surface area contributed by atoms with Crippen molar-refractivity contribution in [2.24, 2.45) is 0 Å². The summed E-state index contributed by atoms with van der Waals surface area (Å²) >= 11 is 9.13. The number of rotatable bonds is 4. The van der Waals surface area contributed by atoms with Gasteiger partial charge in [-0.3, -0.25) is 9.59 Å². The molecule has 0 unspecified atom stereocenters. The SMILES string of the molecule is Cc1c(Cl)cccc1NC(=O)CN(C)C(=O)c1ccc(Br)o1. The number of hydrogen-bond acceptors (Lipinski definition) is 3. The average molecular weight is 386 g/mol. The van der Waals surface area contributed by atoms with Crippen molar-refractivity contribution in [1.29, 1.82) is 0 Å². The zero-order chi connectivity index (χ0) is 16.3. The van der Waals surface area contributed by atoms with E-state index in [0.717, 1.165) is 5.56 Å². The summed E-state index contributed by atoms with van der Waals surface area (Å²) in [5.41, 5.74) is 1.40. The Hall–Kier alpha value is -1.79. The summed E-state index contributed by atoms with van der Waals surface area (Å²) < 4.78 is 5.64. The molecule has 0 bridgehead atoms. The van der Waals surface area contributed by atoms with E-state index in [-0.39, 0.29) is 24.1 Å². The Bertz CT molecular complexity index is 715. The van der Waals surface area contributed by atoms with E-state index in [0.29, 0.717) is 15.4 Å². The fourth-order valence-corrected chi connectivity index (χ4v) is 2.32. The molecule has 1 aromatic heterocycles. The van der Waals surface area contributed by atoms with Crippen LogP contribution in [0.1, 0.15) is 16.1 Å². The molecule has 0 atom stereocenters. The van der Waals surface area contributed by atoms with Crippen molar-refractivity contribution in [1.82, 2.24) is 4.90 Å². The summed E-state index contributed by atoms with van der Waals surface area (Å²) in [6.07, 6.45) is 0. The first-order valence-electron chi connectivity index (χ1n) is 6.44. The van der Waals surface area contributed by atoms with E-state index in [2.05, 4.69) is 21.2 Å². The highest BCUT2D eigenvalue weighted by Crippen LogP contribution is 2.23. The van der Waals surface area contributed by atoms with Crippen LogP contribution in [0.2, 0.25) is 5.02 Å². The Kier molecular flexibility index (Phi) is 5.26. The highest BCUT2D eigenvalue weighted by atomic mass is 79.9. The molecule has 2 aromatic rings. The van der Waals surface area contributed by atoms with E-state index >= 15 is 0 Å². The van der Waals surface area contributed by atoms with Crippen LogP contribution in [0.5, 0.6) is 0 Å². The van der Waals surface area contributed by atoms with Crippen molar-refractivity contribution in [3.63, 3.8) is 0 Å². The van der Waals surface area contributed by atoms with E-state index in [1.54, 1.807) is 30.3 Å². The third kappa shape index (κ3) is 3.90. The smallest absolute Gasteiger partial charge is 0.289 e. The number of furan rings is 1. The first-order chi connectivity index (χ1) is 10.4. The second-order valence-corrected chi connectivity index (χ2v) is 5.91. The molecule has 2 rings (SSSR count). The predicted octanol–water partition coefficient (Wildman–Crippen LogP) is 3.71. The molecule has 0 aliphatic carbocycles. The maximum atomic E-state index is 12.1. The minimum absolute atomic E-state index is 0.0941. The second kappa shape index (κ2) is 6.98. The lowest BCUT2D eigenvalue weighted by molar-refractivity contribution is -0.116. The van der Waals surface area contributed by atoms with Gasteiger partial charge in [-0.15, -0.1) is 0 Å². The zero-order valence-corrected chi connectivity index (χ0v) is 14.4. The molecule has 0 saturated heterocycles. The highest BCUT2D eigenvalue weighted by Gasteiger charge is 2.18. The number of carbonyl (C=O) groups excluding carboxylic acids is 2. The van der Waals surface area contributed by atoms with Gasteiger partial charge < -0.3 is 14.6 Å². The highest BCUT2D eigenvalue weighted by molar-refractivity contribution is 9.10. The summed E-state index contributed by atoms with van der Waals surface area (Å²) in [6.45, 7) is 1.72. The van der Waals surface area contributed by atoms with Gasteiger partial charge in [0.1, 0.15) is 0 Å². The van der Waals surface area contributed by atoms with E-state index < -0.39 is 0 Å². The topological polar surface area (TPSA) is 62.6 Å². The molecule has 7 heteroatoms.